The molecule has 1 aromatic carbocycles. The van der Waals surface area contributed by atoms with Gasteiger partial charge in [-0.25, -0.2) is 4.98 Å². The van der Waals surface area contributed by atoms with Crippen LogP contribution in [-0.2, 0) is 4.79 Å². The summed E-state index contributed by atoms with van der Waals surface area (Å²) in [6, 6.07) is 8.73. The lowest BCUT2D eigenvalue weighted by atomic mass is 9.88. The van der Waals surface area contributed by atoms with Gasteiger partial charge in [0.05, 0.1) is 30.4 Å². The number of anilines is 1. The number of benzene rings is 1. The van der Waals surface area contributed by atoms with E-state index in [4.69, 9.17) is 4.74 Å². The van der Waals surface area contributed by atoms with Crippen LogP contribution in [0, 0.1) is 5.92 Å². The molecule has 148 valence electrons. The Morgan fingerprint density at radius 1 is 1.21 bits per heavy atom. The molecule has 2 aromatic heterocycles. The molecule has 2 aliphatic rings. The number of hydrogen-bond acceptors (Lipinski definition) is 6. The number of hydrogen-bond donors (Lipinski definition) is 2. The van der Waals surface area contributed by atoms with E-state index < -0.39 is 0 Å². The second-order valence-corrected chi connectivity index (χ2v) is 7.44. The topological polar surface area (TPSA) is 113 Å². The Bertz CT molecular complexity index is 1080. The second kappa shape index (κ2) is 6.84. The molecule has 29 heavy (non-hydrogen) atoms. The van der Waals surface area contributed by atoms with Gasteiger partial charge in [0.1, 0.15) is 0 Å². The number of imidazole rings is 1. The van der Waals surface area contributed by atoms with Gasteiger partial charge in [-0.05, 0) is 43.5 Å². The Morgan fingerprint density at radius 2 is 2.10 bits per heavy atom. The third-order valence-electron chi connectivity index (χ3n) is 5.86. The maximum atomic E-state index is 13.0. The highest BCUT2D eigenvalue weighted by atomic mass is 16.5. The summed E-state index contributed by atoms with van der Waals surface area (Å²) < 4.78 is 5.00. The Hall–Kier alpha value is -3.49. The lowest BCUT2D eigenvalue weighted by molar-refractivity contribution is -0.120. The molecule has 0 spiro atoms. The molecule has 2 saturated heterocycles. The number of carbonyl (C=O) groups excluding carboxylic acids is 2. The number of ether oxygens (including phenoxy) is 1. The number of methoxy groups -OCH3 is 1. The summed E-state index contributed by atoms with van der Waals surface area (Å²) in [7, 11) is 1.50. The number of H-pyrrole nitrogens is 1. The number of aromatic nitrogens is 4. The number of fused-ring (bicyclic) bond motifs is 3. The number of rotatable bonds is 4. The van der Waals surface area contributed by atoms with Crippen LogP contribution in [0.25, 0.3) is 11.0 Å². The molecule has 3 unspecified atom stereocenters. The Balaban J connectivity index is 1.32. The molecule has 2 bridgehead atoms. The molecule has 0 radical (unpaired) electrons. The number of nitrogens with zero attached hydrogens (tertiary/aromatic N) is 4. The monoisotopic (exact) mass is 392 g/mol. The summed E-state index contributed by atoms with van der Waals surface area (Å²) in [5, 5.41) is 10.9. The van der Waals surface area contributed by atoms with Crippen LogP contribution in [0.2, 0.25) is 0 Å². The highest BCUT2D eigenvalue weighted by Gasteiger charge is 2.51. The van der Waals surface area contributed by atoms with Gasteiger partial charge < -0.3 is 19.9 Å². The van der Waals surface area contributed by atoms with Crippen molar-refractivity contribution in [3.8, 4) is 5.88 Å². The van der Waals surface area contributed by atoms with Gasteiger partial charge in [0.2, 0.25) is 11.8 Å². The van der Waals surface area contributed by atoms with Crippen molar-refractivity contribution in [1.82, 2.24) is 25.1 Å². The van der Waals surface area contributed by atoms with Gasteiger partial charge in [-0.3, -0.25) is 9.59 Å². The summed E-state index contributed by atoms with van der Waals surface area (Å²) in [6.07, 6.45) is 4.01. The standard InChI is InChI=1S/C20H20N6O3/c1-29-18-7-5-15(24-25-18)20(28)26-12-3-6-17(26)13(9-12)19(27)23-11-2-4-14-16(8-11)22-10-21-14/h2,4-5,7-8,10,12-13,17H,3,6,9H2,1H3,(H,21,22)(H,23,27). The van der Waals surface area contributed by atoms with Crippen molar-refractivity contribution in [3.05, 3.63) is 42.4 Å². The first-order chi connectivity index (χ1) is 14.1. The predicted octanol–water partition coefficient (Wildman–Crippen LogP) is 1.99. The van der Waals surface area contributed by atoms with Crippen molar-refractivity contribution < 1.29 is 14.3 Å². The zero-order valence-electron chi connectivity index (χ0n) is 15.8. The van der Waals surface area contributed by atoms with E-state index in [0.29, 0.717) is 18.0 Å². The van der Waals surface area contributed by atoms with Crippen LogP contribution in [0.1, 0.15) is 29.8 Å². The smallest absolute Gasteiger partial charge is 0.274 e. The van der Waals surface area contributed by atoms with E-state index in [9.17, 15) is 9.59 Å². The number of carbonyl (C=O) groups is 2. The molecule has 2 N–H and O–H groups in total. The SMILES string of the molecule is COc1ccc(C(=O)N2C3CCC2C(C(=O)Nc2ccc4nc[nH]c4c2)C3)nn1. The van der Waals surface area contributed by atoms with Crippen molar-refractivity contribution in [1.29, 1.82) is 0 Å². The average Bonchev–Trinajstić information content (AvgIpc) is 3.47. The number of nitrogens with one attached hydrogen (secondary N) is 2. The van der Waals surface area contributed by atoms with E-state index in [1.165, 1.54) is 7.11 Å². The molecule has 9 nitrogen and oxygen atoms in total. The molecule has 9 heteroatoms. The van der Waals surface area contributed by atoms with Gasteiger partial charge in [-0.15, -0.1) is 10.2 Å². The predicted molar refractivity (Wildman–Crippen MR) is 104 cm³/mol. The largest absolute Gasteiger partial charge is 0.480 e. The maximum Gasteiger partial charge on any atom is 0.274 e. The van der Waals surface area contributed by atoms with Gasteiger partial charge in [0, 0.05) is 23.8 Å². The zero-order valence-corrected chi connectivity index (χ0v) is 15.8. The normalized spacial score (nSPS) is 22.8. The fourth-order valence-electron chi connectivity index (χ4n) is 4.51. The molecule has 2 aliphatic heterocycles. The van der Waals surface area contributed by atoms with Crippen LogP contribution >= 0.6 is 0 Å². The van der Waals surface area contributed by atoms with Gasteiger partial charge in [-0.2, -0.15) is 0 Å². The molecule has 4 heterocycles. The van der Waals surface area contributed by atoms with E-state index in [1.807, 2.05) is 23.1 Å². The third-order valence-corrected chi connectivity index (χ3v) is 5.86. The molecule has 3 aromatic rings. The summed E-state index contributed by atoms with van der Waals surface area (Å²) in [4.78, 5) is 35.0. The summed E-state index contributed by atoms with van der Waals surface area (Å²) in [5.41, 5.74) is 2.70. The van der Waals surface area contributed by atoms with Gasteiger partial charge >= 0.3 is 0 Å². The van der Waals surface area contributed by atoms with E-state index in [2.05, 4.69) is 25.5 Å². The van der Waals surface area contributed by atoms with Crippen LogP contribution in [0.3, 0.4) is 0 Å². The van der Waals surface area contributed by atoms with Crippen LogP contribution in [0.15, 0.2) is 36.7 Å². The quantitative estimate of drug-likeness (QED) is 0.702. The van der Waals surface area contributed by atoms with Gasteiger partial charge in [0.15, 0.2) is 5.69 Å². The maximum absolute atomic E-state index is 13.0. The number of aromatic amines is 1. The van der Waals surface area contributed by atoms with Crippen LogP contribution in [0.5, 0.6) is 5.88 Å². The first kappa shape index (κ1) is 17.6. The Morgan fingerprint density at radius 3 is 2.90 bits per heavy atom. The van der Waals surface area contributed by atoms with E-state index in [-0.39, 0.29) is 35.5 Å². The van der Waals surface area contributed by atoms with Crippen molar-refractivity contribution >= 4 is 28.5 Å². The Labute approximate surface area is 166 Å². The zero-order chi connectivity index (χ0) is 20.0. The Kier molecular flexibility index (Phi) is 4.15. The molecule has 2 fully saturated rings. The van der Waals surface area contributed by atoms with Crippen molar-refractivity contribution in [2.75, 3.05) is 12.4 Å². The summed E-state index contributed by atoms with van der Waals surface area (Å²) in [5.74, 6) is -0.115. The lowest BCUT2D eigenvalue weighted by Crippen LogP contribution is -2.39. The van der Waals surface area contributed by atoms with Crippen LogP contribution in [0.4, 0.5) is 5.69 Å². The summed E-state index contributed by atoms with van der Waals surface area (Å²) in [6.45, 7) is 0. The minimum absolute atomic E-state index is 0.0576. The molecule has 3 atom stereocenters. The molecule has 2 amide bonds. The second-order valence-electron chi connectivity index (χ2n) is 7.44. The first-order valence-electron chi connectivity index (χ1n) is 9.58. The highest BCUT2D eigenvalue weighted by Crippen LogP contribution is 2.43. The van der Waals surface area contributed by atoms with Crippen LogP contribution in [-0.4, -0.2) is 56.1 Å². The highest BCUT2D eigenvalue weighted by molar-refractivity contribution is 5.97. The minimum Gasteiger partial charge on any atom is -0.480 e. The van der Waals surface area contributed by atoms with Crippen molar-refractivity contribution in [2.45, 2.75) is 31.3 Å². The number of amides is 2. The molecular weight excluding hydrogens is 372 g/mol. The fourth-order valence-corrected chi connectivity index (χ4v) is 4.51. The molecular formula is C20H20N6O3. The lowest BCUT2D eigenvalue weighted by Gasteiger charge is -2.23. The van der Waals surface area contributed by atoms with Gasteiger partial charge in [-0.1, -0.05) is 0 Å². The van der Waals surface area contributed by atoms with Gasteiger partial charge in [0.25, 0.3) is 5.91 Å². The van der Waals surface area contributed by atoms with E-state index >= 15 is 0 Å². The van der Waals surface area contributed by atoms with Crippen molar-refractivity contribution in [2.24, 2.45) is 5.92 Å². The fraction of sp³-hybridized carbons (Fsp3) is 0.350. The minimum atomic E-state index is -0.235. The molecule has 5 rings (SSSR count). The summed E-state index contributed by atoms with van der Waals surface area (Å²) >= 11 is 0. The third kappa shape index (κ3) is 2.98. The first-order valence-corrected chi connectivity index (χ1v) is 9.58. The molecule has 0 aliphatic carbocycles. The van der Waals surface area contributed by atoms with Crippen LogP contribution < -0.4 is 10.1 Å². The average molecular weight is 392 g/mol. The van der Waals surface area contributed by atoms with E-state index in [1.54, 1.807) is 18.5 Å². The van der Waals surface area contributed by atoms with E-state index in [0.717, 1.165) is 23.9 Å². The van der Waals surface area contributed by atoms with Crippen molar-refractivity contribution in [3.63, 3.8) is 0 Å². The molecule has 0 saturated carbocycles.